The maximum atomic E-state index is 10.8. The summed E-state index contributed by atoms with van der Waals surface area (Å²) in [7, 11) is 1.79. The fourth-order valence-corrected chi connectivity index (χ4v) is 2.62. The van der Waals surface area contributed by atoms with Crippen LogP contribution in [0.5, 0.6) is 0 Å². The van der Waals surface area contributed by atoms with Gasteiger partial charge in [-0.15, -0.1) is 16.9 Å². The first kappa shape index (κ1) is 10.4. The van der Waals surface area contributed by atoms with Gasteiger partial charge < -0.3 is 5.11 Å². The van der Waals surface area contributed by atoms with Crippen molar-refractivity contribution in [1.82, 2.24) is 20.3 Å². The molecule has 1 fully saturated rings. The summed E-state index contributed by atoms with van der Waals surface area (Å²) >= 11 is 1.66. The number of aliphatic carboxylic acids is 1. The molecule has 0 aromatic carbocycles. The van der Waals surface area contributed by atoms with Gasteiger partial charge in [0.25, 0.3) is 0 Å². The summed E-state index contributed by atoms with van der Waals surface area (Å²) in [6.45, 7) is 0. The van der Waals surface area contributed by atoms with Crippen LogP contribution >= 0.6 is 11.8 Å². The number of nitrogens with one attached hydrogen (secondary N) is 1. The summed E-state index contributed by atoms with van der Waals surface area (Å²) in [6.07, 6.45) is 2.45. The highest BCUT2D eigenvalue weighted by Crippen LogP contribution is 2.30. The molecule has 0 saturated carbocycles. The van der Waals surface area contributed by atoms with Crippen LogP contribution in [-0.4, -0.2) is 37.9 Å². The Morgan fingerprint density at radius 2 is 2.60 bits per heavy atom. The molecular formula is C8H12N4O2S. The van der Waals surface area contributed by atoms with E-state index in [0.717, 1.165) is 11.4 Å². The second-order valence-electron chi connectivity index (χ2n) is 3.41. The fraction of sp³-hybridized carbons (Fsp3) is 0.625. The lowest BCUT2D eigenvalue weighted by Crippen LogP contribution is -2.41. The number of carboxylic acids is 1. The third kappa shape index (κ3) is 2.29. The number of aromatic nitrogens is 3. The zero-order chi connectivity index (χ0) is 10.8. The van der Waals surface area contributed by atoms with Crippen molar-refractivity contribution in [1.29, 1.82) is 0 Å². The van der Waals surface area contributed by atoms with E-state index in [1.807, 2.05) is 0 Å². The smallest absolute Gasteiger partial charge is 0.320 e. The topological polar surface area (TPSA) is 80.0 Å². The van der Waals surface area contributed by atoms with Gasteiger partial charge in [0.15, 0.2) is 0 Å². The first-order valence-electron chi connectivity index (χ1n) is 4.63. The number of thioether (sulfide) groups is 1. The Morgan fingerprint density at radius 1 is 1.80 bits per heavy atom. The van der Waals surface area contributed by atoms with Crippen molar-refractivity contribution >= 4 is 17.7 Å². The molecule has 0 aliphatic carbocycles. The summed E-state index contributed by atoms with van der Waals surface area (Å²) < 4.78 is 1.61. The van der Waals surface area contributed by atoms with Gasteiger partial charge in [-0.05, 0) is 12.2 Å². The lowest BCUT2D eigenvalue weighted by molar-refractivity contribution is -0.139. The van der Waals surface area contributed by atoms with Crippen LogP contribution in [0.1, 0.15) is 17.5 Å². The summed E-state index contributed by atoms with van der Waals surface area (Å²) in [5.74, 6) is 0.0229. The summed E-state index contributed by atoms with van der Waals surface area (Å²) in [4.78, 5) is 10.8. The van der Waals surface area contributed by atoms with Crippen LogP contribution in [-0.2, 0) is 11.8 Å². The zero-order valence-electron chi connectivity index (χ0n) is 8.25. The zero-order valence-corrected chi connectivity index (χ0v) is 9.07. The molecule has 82 valence electrons. The third-order valence-corrected chi connectivity index (χ3v) is 3.41. The van der Waals surface area contributed by atoms with Crippen LogP contribution in [0.3, 0.4) is 0 Å². The van der Waals surface area contributed by atoms with Crippen molar-refractivity contribution in [2.24, 2.45) is 7.05 Å². The van der Waals surface area contributed by atoms with E-state index in [1.54, 1.807) is 29.7 Å². The molecular weight excluding hydrogens is 216 g/mol. The van der Waals surface area contributed by atoms with E-state index in [-0.39, 0.29) is 5.37 Å². The third-order valence-electron chi connectivity index (χ3n) is 2.23. The van der Waals surface area contributed by atoms with Gasteiger partial charge in [-0.1, -0.05) is 5.21 Å². The van der Waals surface area contributed by atoms with Crippen LogP contribution < -0.4 is 5.32 Å². The molecule has 6 nitrogen and oxygen atoms in total. The predicted octanol–water partition coefficient (Wildman–Crippen LogP) is -0.00660. The molecule has 1 saturated heterocycles. The van der Waals surface area contributed by atoms with Crippen LogP contribution in [0.15, 0.2) is 6.20 Å². The van der Waals surface area contributed by atoms with Gasteiger partial charge in [0.1, 0.15) is 17.1 Å². The first-order chi connectivity index (χ1) is 7.16. The van der Waals surface area contributed by atoms with Crippen molar-refractivity contribution < 1.29 is 9.90 Å². The molecule has 1 aromatic rings. The number of carbonyl (C=O) groups is 1. The van der Waals surface area contributed by atoms with Crippen molar-refractivity contribution in [3.8, 4) is 0 Å². The van der Waals surface area contributed by atoms with Crippen LogP contribution in [0.25, 0.3) is 0 Å². The Bertz CT molecular complexity index is 367. The summed E-state index contributed by atoms with van der Waals surface area (Å²) in [5, 5.41) is 19.7. The first-order valence-corrected chi connectivity index (χ1v) is 5.68. The highest BCUT2D eigenvalue weighted by molar-refractivity contribution is 7.99. The van der Waals surface area contributed by atoms with Crippen molar-refractivity contribution in [2.45, 2.75) is 17.8 Å². The lowest BCUT2D eigenvalue weighted by Gasteiger charge is -2.26. The number of nitrogens with zero attached hydrogens (tertiary/aromatic N) is 3. The van der Waals surface area contributed by atoms with E-state index in [2.05, 4.69) is 15.6 Å². The van der Waals surface area contributed by atoms with Gasteiger partial charge in [-0.25, -0.2) is 0 Å². The van der Waals surface area contributed by atoms with Crippen LogP contribution in [0.2, 0.25) is 0 Å². The minimum Gasteiger partial charge on any atom is -0.480 e. The molecule has 2 heterocycles. The number of aryl methyl sites for hydroxylation is 1. The van der Waals surface area contributed by atoms with E-state index < -0.39 is 12.0 Å². The second kappa shape index (κ2) is 4.19. The Hall–Kier alpha value is -1.08. The quantitative estimate of drug-likeness (QED) is 0.741. The summed E-state index contributed by atoms with van der Waals surface area (Å²) in [5.41, 5.74) is 0.786. The minimum absolute atomic E-state index is 0.0615. The monoisotopic (exact) mass is 228 g/mol. The Balaban J connectivity index is 2.07. The van der Waals surface area contributed by atoms with Gasteiger partial charge in [0.2, 0.25) is 0 Å². The minimum atomic E-state index is -0.802. The molecule has 0 radical (unpaired) electrons. The Labute approximate surface area is 91.0 Å². The van der Waals surface area contributed by atoms with E-state index in [4.69, 9.17) is 5.11 Å². The molecule has 15 heavy (non-hydrogen) atoms. The average Bonchev–Trinajstić information content (AvgIpc) is 2.65. The fourth-order valence-electron chi connectivity index (χ4n) is 1.47. The Morgan fingerprint density at radius 3 is 3.20 bits per heavy atom. The normalized spacial score (nSPS) is 26.5. The number of hydrogen-bond acceptors (Lipinski definition) is 5. The maximum Gasteiger partial charge on any atom is 0.320 e. The average molecular weight is 228 g/mol. The highest BCUT2D eigenvalue weighted by Gasteiger charge is 2.28. The van der Waals surface area contributed by atoms with Gasteiger partial charge in [0, 0.05) is 7.05 Å². The molecule has 2 atom stereocenters. The molecule has 7 heteroatoms. The molecule has 0 bridgehead atoms. The van der Waals surface area contributed by atoms with Crippen LogP contribution in [0.4, 0.5) is 0 Å². The van der Waals surface area contributed by atoms with E-state index >= 15 is 0 Å². The van der Waals surface area contributed by atoms with Crippen LogP contribution in [0, 0.1) is 0 Å². The predicted molar refractivity (Wildman–Crippen MR) is 55.4 cm³/mol. The largest absolute Gasteiger partial charge is 0.480 e. The van der Waals surface area contributed by atoms with Gasteiger partial charge in [-0.3, -0.25) is 14.8 Å². The molecule has 1 aliphatic rings. The van der Waals surface area contributed by atoms with Crippen molar-refractivity contribution in [3.05, 3.63) is 11.9 Å². The SMILES string of the molecule is Cn1cc(C2NC(C(=O)O)CCS2)nn1. The Kier molecular flexibility index (Phi) is 2.92. The van der Waals surface area contributed by atoms with Crippen molar-refractivity contribution in [2.75, 3.05) is 5.75 Å². The number of hydrogen-bond donors (Lipinski definition) is 2. The molecule has 1 aliphatic heterocycles. The lowest BCUT2D eigenvalue weighted by atomic mass is 10.2. The molecule has 0 spiro atoms. The second-order valence-corrected chi connectivity index (χ2v) is 4.63. The summed E-state index contributed by atoms with van der Waals surface area (Å²) in [6, 6.07) is -0.474. The van der Waals surface area contributed by atoms with E-state index in [1.165, 1.54) is 0 Å². The molecule has 2 unspecified atom stereocenters. The number of carboxylic acid groups (broad SMARTS) is 1. The van der Waals surface area contributed by atoms with Gasteiger partial charge in [0.05, 0.1) is 6.20 Å². The van der Waals surface area contributed by atoms with Gasteiger partial charge >= 0.3 is 5.97 Å². The molecule has 0 amide bonds. The van der Waals surface area contributed by atoms with E-state index in [0.29, 0.717) is 6.42 Å². The molecule has 2 N–H and O–H groups in total. The van der Waals surface area contributed by atoms with Crippen molar-refractivity contribution in [3.63, 3.8) is 0 Å². The van der Waals surface area contributed by atoms with E-state index in [9.17, 15) is 4.79 Å². The maximum absolute atomic E-state index is 10.8. The molecule has 1 aromatic heterocycles. The molecule has 2 rings (SSSR count). The number of rotatable bonds is 2. The highest BCUT2D eigenvalue weighted by atomic mass is 32.2. The van der Waals surface area contributed by atoms with Gasteiger partial charge in [-0.2, -0.15) is 0 Å². The standard InChI is InChI=1S/C8H12N4O2S/c1-12-4-6(10-11-12)7-9-5(8(13)14)2-3-15-7/h4-5,7,9H,2-3H2,1H3,(H,13,14).